The van der Waals surface area contributed by atoms with Crippen molar-refractivity contribution in [2.24, 2.45) is 0 Å². The van der Waals surface area contributed by atoms with Gasteiger partial charge in [0.05, 0.1) is 17.5 Å². The van der Waals surface area contributed by atoms with Crippen LogP contribution in [0.25, 0.3) is 11.0 Å². The normalized spacial score (nSPS) is 14.5. The van der Waals surface area contributed by atoms with E-state index in [2.05, 4.69) is 53.1 Å². The maximum atomic E-state index is 13.1. The molecule has 0 saturated carbocycles. The van der Waals surface area contributed by atoms with Gasteiger partial charge in [0.15, 0.2) is 5.65 Å². The molecule has 0 aliphatic carbocycles. The molecule has 158 valence electrons. The lowest BCUT2D eigenvalue weighted by atomic mass is 10.1. The highest BCUT2D eigenvalue weighted by molar-refractivity contribution is 5.98. The molecule has 6 heteroatoms. The number of carbonyl (C=O) groups excluding carboxylic acids is 1. The first kappa shape index (κ1) is 20.4. The number of amides is 1. The van der Waals surface area contributed by atoms with E-state index in [4.69, 9.17) is 0 Å². The number of fused-ring (bicyclic) bond motifs is 1. The molecule has 1 fully saturated rings. The van der Waals surface area contributed by atoms with E-state index in [9.17, 15) is 4.79 Å². The Morgan fingerprint density at radius 2 is 1.83 bits per heavy atom. The van der Waals surface area contributed by atoms with Crippen LogP contribution in [0.2, 0.25) is 0 Å². The molecule has 0 atom stereocenters. The molecule has 3 aromatic rings. The first-order chi connectivity index (χ1) is 14.4. The second kappa shape index (κ2) is 8.46. The number of pyridine rings is 1. The third-order valence-electron chi connectivity index (χ3n) is 5.90. The predicted octanol–water partition coefficient (Wildman–Crippen LogP) is 4.58. The molecule has 2 aromatic heterocycles. The van der Waals surface area contributed by atoms with Gasteiger partial charge in [0.2, 0.25) is 0 Å². The van der Waals surface area contributed by atoms with Crippen molar-refractivity contribution in [3.05, 3.63) is 53.3 Å². The van der Waals surface area contributed by atoms with Crippen molar-refractivity contribution < 1.29 is 4.79 Å². The SMILES string of the molecule is Cc1nc2c(cnn2C(C)C)cc1C(=O)N(C)Cc1ccc(N2CCCCC2)cc1. The number of hydrogen-bond acceptors (Lipinski definition) is 4. The third-order valence-corrected chi connectivity index (χ3v) is 5.90. The Hall–Kier alpha value is -2.89. The molecule has 0 radical (unpaired) electrons. The van der Waals surface area contributed by atoms with Crippen molar-refractivity contribution in [3.63, 3.8) is 0 Å². The van der Waals surface area contributed by atoms with E-state index >= 15 is 0 Å². The molecular weight excluding hydrogens is 374 g/mol. The molecule has 0 spiro atoms. The Bertz CT molecular complexity index is 1030. The van der Waals surface area contributed by atoms with Gasteiger partial charge in [-0.2, -0.15) is 5.10 Å². The summed E-state index contributed by atoms with van der Waals surface area (Å²) >= 11 is 0. The minimum atomic E-state index is -0.0145. The standard InChI is InChI=1S/C24H31N5O/c1-17(2)29-23-20(15-25-29)14-22(18(3)26-23)24(30)27(4)16-19-8-10-21(11-9-19)28-12-6-5-7-13-28/h8-11,14-15,17H,5-7,12-13,16H2,1-4H3. The van der Waals surface area contributed by atoms with Gasteiger partial charge in [-0.05, 0) is 63.8 Å². The fourth-order valence-corrected chi connectivity index (χ4v) is 4.18. The minimum absolute atomic E-state index is 0.0145. The number of benzene rings is 1. The van der Waals surface area contributed by atoms with Crippen LogP contribution in [0.5, 0.6) is 0 Å². The average Bonchev–Trinajstić information content (AvgIpc) is 3.16. The molecule has 30 heavy (non-hydrogen) atoms. The van der Waals surface area contributed by atoms with Crippen molar-refractivity contribution in [2.75, 3.05) is 25.0 Å². The Morgan fingerprint density at radius 3 is 2.50 bits per heavy atom. The van der Waals surface area contributed by atoms with Crippen LogP contribution in [0.4, 0.5) is 5.69 Å². The molecule has 1 aliphatic heterocycles. The number of aryl methyl sites for hydroxylation is 1. The molecule has 1 saturated heterocycles. The van der Waals surface area contributed by atoms with Crippen LogP contribution in [-0.2, 0) is 6.54 Å². The molecule has 1 aromatic carbocycles. The summed E-state index contributed by atoms with van der Waals surface area (Å²) in [5.74, 6) is -0.0145. The highest BCUT2D eigenvalue weighted by Crippen LogP contribution is 2.22. The van der Waals surface area contributed by atoms with Crippen LogP contribution >= 0.6 is 0 Å². The third kappa shape index (κ3) is 4.04. The minimum Gasteiger partial charge on any atom is -0.372 e. The van der Waals surface area contributed by atoms with Gasteiger partial charge in [0, 0.05) is 43.8 Å². The van der Waals surface area contributed by atoms with Crippen molar-refractivity contribution in [1.82, 2.24) is 19.7 Å². The summed E-state index contributed by atoms with van der Waals surface area (Å²) < 4.78 is 1.89. The van der Waals surface area contributed by atoms with E-state index in [1.807, 2.05) is 24.7 Å². The van der Waals surface area contributed by atoms with Crippen LogP contribution < -0.4 is 4.90 Å². The Balaban J connectivity index is 1.49. The number of aromatic nitrogens is 3. The van der Waals surface area contributed by atoms with E-state index in [1.165, 1.54) is 24.9 Å². The van der Waals surface area contributed by atoms with Crippen LogP contribution in [-0.4, -0.2) is 45.7 Å². The molecule has 6 nitrogen and oxygen atoms in total. The topological polar surface area (TPSA) is 54.3 Å². The largest absolute Gasteiger partial charge is 0.372 e. The highest BCUT2D eigenvalue weighted by Gasteiger charge is 2.19. The lowest BCUT2D eigenvalue weighted by Gasteiger charge is -2.29. The van der Waals surface area contributed by atoms with E-state index in [0.717, 1.165) is 35.4 Å². The molecule has 4 rings (SSSR count). The Labute approximate surface area is 178 Å². The van der Waals surface area contributed by atoms with Gasteiger partial charge < -0.3 is 9.80 Å². The molecule has 1 aliphatic rings. The lowest BCUT2D eigenvalue weighted by Crippen LogP contribution is -2.29. The number of nitrogens with zero attached hydrogens (tertiary/aromatic N) is 5. The highest BCUT2D eigenvalue weighted by atomic mass is 16.2. The molecule has 1 amide bonds. The lowest BCUT2D eigenvalue weighted by molar-refractivity contribution is 0.0784. The van der Waals surface area contributed by atoms with E-state index in [0.29, 0.717) is 12.1 Å². The zero-order valence-electron chi connectivity index (χ0n) is 18.4. The summed E-state index contributed by atoms with van der Waals surface area (Å²) in [6.45, 7) is 8.90. The number of piperidine rings is 1. The fraction of sp³-hybridized carbons (Fsp3) is 0.458. The molecule has 0 bridgehead atoms. The summed E-state index contributed by atoms with van der Waals surface area (Å²) in [6, 6.07) is 10.8. The van der Waals surface area contributed by atoms with Gasteiger partial charge >= 0.3 is 0 Å². The number of hydrogen-bond donors (Lipinski definition) is 0. The monoisotopic (exact) mass is 405 g/mol. The van der Waals surface area contributed by atoms with Gasteiger partial charge in [-0.3, -0.25) is 4.79 Å². The van der Waals surface area contributed by atoms with Crippen LogP contribution in [0, 0.1) is 6.92 Å². The molecule has 3 heterocycles. The van der Waals surface area contributed by atoms with Crippen LogP contribution in [0.1, 0.15) is 60.8 Å². The van der Waals surface area contributed by atoms with Crippen molar-refractivity contribution in [3.8, 4) is 0 Å². The van der Waals surface area contributed by atoms with Crippen LogP contribution in [0.3, 0.4) is 0 Å². The first-order valence-electron chi connectivity index (χ1n) is 10.9. The van der Waals surface area contributed by atoms with Crippen molar-refractivity contribution in [1.29, 1.82) is 0 Å². The number of anilines is 1. The summed E-state index contributed by atoms with van der Waals surface area (Å²) in [7, 11) is 1.85. The predicted molar refractivity (Wildman–Crippen MR) is 121 cm³/mol. The quantitative estimate of drug-likeness (QED) is 0.623. The number of rotatable bonds is 5. The second-order valence-corrected chi connectivity index (χ2v) is 8.59. The van der Waals surface area contributed by atoms with E-state index < -0.39 is 0 Å². The summed E-state index contributed by atoms with van der Waals surface area (Å²) in [5, 5.41) is 5.32. The Morgan fingerprint density at radius 1 is 1.13 bits per heavy atom. The zero-order chi connectivity index (χ0) is 21.3. The van der Waals surface area contributed by atoms with Crippen molar-refractivity contribution >= 4 is 22.6 Å². The van der Waals surface area contributed by atoms with Crippen molar-refractivity contribution in [2.45, 2.75) is 52.6 Å². The molecule has 0 N–H and O–H groups in total. The number of carbonyl (C=O) groups is 1. The van der Waals surface area contributed by atoms with Gasteiger partial charge in [-0.25, -0.2) is 9.67 Å². The van der Waals surface area contributed by atoms with Gasteiger partial charge in [-0.1, -0.05) is 12.1 Å². The van der Waals surface area contributed by atoms with E-state index in [-0.39, 0.29) is 11.9 Å². The van der Waals surface area contributed by atoms with Gasteiger partial charge in [-0.15, -0.1) is 0 Å². The smallest absolute Gasteiger partial charge is 0.255 e. The van der Waals surface area contributed by atoms with Crippen LogP contribution in [0.15, 0.2) is 36.5 Å². The maximum Gasteiger partial charge on any atom is 0.255 e. The molecule has 0 unspecified atom stereocenters. The maximum absolute atomic E-state index is 13.1. The Kier molecular flexibility index (Phi) is 5.75. The first-order valence-corrected chi connectivity index (χ1v) is 10.9. The average molecular weight is 406 g/mol. The van der Waals surface area contributed by atoms with E-state index in [1.54, 1.807) is 11.1 Å². The van der Waals surface area contributed by atoms with Gasteiger partial charge in [0.25, 0.3) is 5.91 Å². The zero-order valence-corrected chi connectivity index (χ0v) is 18.4. The second-order valence-electron chi connectivity index (χ2n) is 8.59. The summed E-state index contributed by atoms with van der Waals surface area (Å²) in [5.41, 5.74) is 4.61. The van der Waals surface area contributed by atoms with Gasteiger partial charge in [0.1, 0.15) is 0 Å². The summed E-state index contributed by atoms with van der Waals surface area (Å²) in [6.07, 6.45) is 5.66. The molecular formula is C24H31N5O. The summed E-state index contributed by atoms with van der Waals surface area (Å²) in [4.78, 5) is 22.0. The fourth-order valence-electron chi connectivity index (χ4n) is 4.18.